The number of carbonyl (C=O) groups is 1. The Kier molecular flexibility index (Phi) is 5.28. The highest BCUT2D eigenvalue weighted by atomic mass is 32.2. The van der Waals surface area contributed by atoms with Crippen LogP contribution in [0.25, 0.3) is 10.9 Å². The number of rotatable bonds is 5. The van der Waals surface area contributed by atoms with Gasteiger partial charge in [0.2, 0.25) is 0 Å². The molecule has 3 rings (SSSR count). The molecule has 0 aliphatic heterocycles. The molecule has 2 aromatic carbocycles. The first-order valence-electron chi connectivity index (χ1n) is 8.24. The van der Waals surface area contributed by atoms with Gasteiger partial charge in [-0.25, -0.2) is 9.97 Å². The van der Waals surface area contributed by atoms with E-state index in [-0.39, 0.29) is 5.97 Å². The van der Waals surface area contributed by atoms with E-state index in [9.17, 15) is 4.79 Å². The van der Waals surface area contributed by atoms with E-state index >= 15 is 0 Å². The second-order valence-corrected chi connectivity index (χ2v) is 7.88. The quantitative estimate of drug-likeness (QED) is 0.402. The summed E-state index contributed by atoms with van der Waals surface area (Å²) in [7, 11) is 1.36. The maximum absolute atomic E-state index is 12.0. The van der Waals surface area contributed by atoms with Crippen LogP contribution < -0.4 is 5.32 Å². The van der Waals surface area contributed by atoms with E-state index in [1.807, 2.05) is 36.4 Å². The van der Waals surface area contributed by atoms with Gasteiger partial charge in [-0.3, -0.25) is 4.79 Å². The van der Waals surface area contributed by atoms with Gasteiger partial charge in [0.1, 0.15) is 10.6 Å². The van der Waals surface area contributed by atoms with Crippen molar-refractivity contribution in [1.29, 1.82) is 5.26 Å². The van der Waals surface area contributed by atoms with Crippen LogP contribution in [0.1, 0.15) is 19.4 Å². The van der Waals surface area contributed by atoms with Gasteiger partial charge in [0.25, 0.3) is 0 Å². The van der Waals surface area contributed by atoms with Crippen LogP contribution in [0.2, 0.25) is 0 Å². The molecule has 7 heteroatoms. The van der Waals surface area contributed by atoms with Gasteiger partial charge in [0.15, 0.2) is 5.16 Å². The number of aromatic nitrogens is 2. The van der Waals surface area contributed by atoms with Crippen LogP contribution in [0, 0.1) is 11.3 Å². The first-order valence-corrected chi connectivity index (χ1v) is 9.06. The zero-order valence-electron chi connectivity index (χ0n) is 15.2. The van der Waals surface area contributed by atoms with Gasteiger partial charge in [-0.15, -0.1) is 0 Å². The molecule has 3 aromatic rings. The highest BCUT2D eigenvalue weighted by Crippen LogP contribution is 2.34. The lowest BCUT2D eigenvalue weighted by atomic mass is 10.2. The molecule has 1 aromatic heterocycles. The lowest BCUT2D eigenvalue weighted by Gasteiger charge is -2.20. The summed E-state index contributed by atoms with van der Waals surface area (Å²) < 4.78 is 4.05. The van der Waals surface area contributed by atoms with E-state index in [1.54, 1.807) is 26.0 Å². The van der Waals surface area contributed by atoms with Gasteiger partial charge in [0, 0.05) is 11.1 Å². The number of nitrogens with one attached hydrogen (secondary N) is 1. The Bertz CT molecular complexity index is 1030. The number of fused-ring (bicyclic) bond motifs is 1. The first-order chi connectivity index (χ1) is 12.9. The molecule has 0 amide bonds. The smallest absolute Gasteiger partial charge is 0.321 e. The maximum Gasteiger partial charge on any atom is 0.321 e. The number of ether oxygens (including phenoxy) is 1. The third-order valence-electron chi connectivity index (χ3n) is 3.88. The zero-order chi connectivity index (χ0) is 19.4. The Balaban J connectivity index is 2.00. The van der Waals surface area contributed by atoms with Crippen LogP contribution in [0.3, 0.4) is 0 Å². The molecule has 136 valence electrons. The Hall–Kier alpha value is -3.11. The molecular formula is C20H18N4O2S. The third kappa shape index (κ3) is 4.18. The van der Waals surface area contributed by atoms with Crippen molar-refractivity contribution in [2.75, 3.05) is 12.4 Å². The monoisotopic (exact) mass is 378 g/mol. The van der Waals surface area contributed by atoms with Crippen molar-refractivity contribution in [2.24, 2.45) is 0 Å². The van der Waals surface area contributed by atoms with Crippen molar-refractivity contribution in [3.05, 3.63) is 54.1 Å². The molecule has 1 heterocycles. The molecular weight excluding hydrogens is 360 g/mol. The summed E-state index contributed by atoms with van der Waals surface area (Å²) in [6.45, 7) is 3.55. The van der Waals surface area contributed by atoms with Crippen LogP contribution in [0.15, 0.2) is 53.7 Å². The number of thioether (sulfide) groups is 1. The van der Waals surface area contributed by atoms with E-state index in [0.717, 1.165) is 16.6 Å². The molecule has 0 spiro atoms. The highest BCUT2D eigenvalue weighted by Gasteiger charge is 2.31. The fourth-order valence-corrected chi connectivity index (χ4v) is 3.38. The van der Waals surface area contributed by atoms with Gasteiger partial charge in [0.05, 0.1) is 24.3 Å². The largest absolute Gasteiger partial charge is 0.468 e. The van der Waals surface area contributed by atoms with Crippen LogP contribution >= 0.6 is 11.8 Å². The summed E-state index contributed by atoms with van der Waals surface area (Å²) in [5.41, 5.74) is 2.16. The Labute approximate surface area is 161 Å². The Morgan fingerprint density at radius 3 is 2.52 bits per heavy atom. The predicted molar refractivity (Wildman–Crippen MR) is 106 cm³/mol. The van der Waals surface area contributed by atoms with E-state index in [1.165, 1.54) is 18.9 Å². The topological polar surface area (TPSA) is 87.9 Å². The summed E-state index contributed by atoms with van der Waals surface area (Å²) in [5, 5.41) is 13.6. The molecule has 0 aliphatic carbocycles. The third-order valence-corrected chi connectivity index (χ3v) is 4.92. The average molecular weight is 378 g/mol. The number of nitriles is 1. The molecule has 0 aliphatic rings. The predicted octanol–water partition coefficient (Wildman–Crippen LogP) is 4.29. The number of carbonyl (C=O) groups excluding carboxylic acids is 1. The van der Waals surface area contributed by atoms with E-state index in [0.29, 0.717) is 16.5 Å². The first kappa shape index (κ1) is 18.7. The lowest BCUT2D eigenvalue weighted by molar-refractivity contribution is -0.142. The second-order valence-electron chi connectivity index (χ2n) is 6.29. The minimum absolute atomic E-state index is 0.342. The summed E-state index contributed by atoms with van der Waals surface area (Å²) in [4.78, 5) is 21.2. The number of hydrogen-bond acceptors (Lipinski definition) is 7. The highest BCUT2D eigenvalue weighted by molar-refractivity contribution is 8.01. The van der Waals surface area contributed by atoms with Gasteiger partial charge >= 0.3 is 5.97 Å². The molecule has 0 fully saturated rings. The number of hydrogen-bond donors (Lipinski definition) is 1. The van der Waals surface area contributed by atoms with Gasteiger partial charge in [-0.05, 0) is 50.2 Å². The van der Waals surface area contributed by atoms with Crippen LogP contribution in [0.4, 0.5) is 11.5 Å². The standard InChI is InChI=1S/C20H18N4O2S/c1-20(2,18(25)26-3)27-19-23-16-7-5-4-6-15(16)17(24-19)22-14-10-8-13(12-21)9-11-14/h4-11H,1-3H3,(H,22,23,24). The minimum Gasteiger partial charge on any atom is -0.468 e. The minimum atomic E-state index is -0.817. The molecule has 6 nitrogen and oxygen atoms in total. The summed E-state index contributed by atoms with van der Waals surface area (Å²) in [6, 6.07) is 16.9. The van der Waals surface area contributed by atoms with Crippen molar-refractivity contribution in [1.82, 2.24) is 9.97 Å². The number of nitrogens with zero attached hydrogens (tertiary/aromatic N) is 3. The van der Waals surface area contributed by atoms with Crippen LogP contribution in [-0.2, 0) is 9.53 Å². The summed E-state index contributed by atoms with van der Waals surface area (Å²) in [5.74, 6) is 0.291. The summed E-state index contributed by atoms with van der Waals surface area (Å²) in [6.07, 6.45) is 0. The van der Waals surface area contributed by atoms with Crippen molar-refractivity contribution in [2.45, 2.75) is 23.8 Å². The second kappa shape index (κ2) is 7.64. The molecule has 0 bridgehead atoms. The average Bonchev–Trinajstić information content (AvgIpc) is 2.67. The lowest BCUT2D eigenvalue weighted by Crippen LogP contribution is -2.29. The van der Waals surface area contributed by atoms with Gasteiger partial charge in [-0.2, -0.15) is 5.26 Å². The Morgan fingerprint density at radius 1 is 1.15 bits per heavy atom. The van der Waals surface area contributed by atoms with Gasteiger partial charge in [-0.1, -0.05) is 23.9 Å². The van der Waals surface area contributed by atoms with Gasteiger partial charge < -0.3 is 10.1 Å². The molecule has 27 heavy (non-hydrogen) atoms. The summed E-state index contributed by atoms with van der Waals surface area (Å²) >= 11 is 1.24. The van der Waals surface area contributed by atoms with Crippen molar-refractivity contribution >= 4 is 40.1 Å². The van der Waals surface area contributed by atoms with E-state index < -0.39 is 4.75 Å². The molecule has 1 N–H and O–H groups in total. The number of para-hydroxylation sites is 1. The molecule has 0 saturated carbocycles. The van der Waals surface area contributed by atoms with Crippen molar-refractivity contribution in [3.8, 4) is 6.07 Å². The Morgan fingerprint density at radius 2 is 1.85 bits per heavy atom. The van der Waals surface area contributed by atoms with Crippen LogP contribution in [-0.4, -0.2) is 27.8 Å². The number of methoxy groups -OCH3 is 1. The molecule has 0 saturated heterocycles. The van der Waals surface area contributed by atoms with E-state index in [2.05, 4.69) is 21.4 Å². The number of anilines is 2. The SMILES string of the molecule is COC(=O)C(C)(C)Sc1nc(Nc2ccc(C#N)cc2)c2ccccc2n1. The fourth-order valence-electron chi connectivity index (χ4n) is 2.48. The van der Waals surface area contributed by atoms with Crippen molar-refractivity contribution in [3.63, 3.8) is 0 Å². The zero-order valence-corrected chi connectivity index (χ0v) is 16.0. The van der Waals surface area contributed by atoms with E-state index in [4.69, 9.17) is 10.00 Å². The fraction of sp³-hybridized carbons (Fsp3) is 0.200. The molecule has 0 radical (unpaired) electrons. The van der Waals surface area contributed by atoms with Crippen molar-refractivity contribution < 1.29 is 9.53 Å². The maximum atomic E-state index is 12.0. The normalized spacial score (nSPS) is 11.0. The molecule has 0 unspecified atom stereocenters. The van der Waals surface area contributed by atoms with Crippen LogP contribution in [0.5, 0.6) is 0 Å². The number of benzene rings is 2. The number of esters is 1. The molecule has 0 atom stereocenters.